The lowest BCUT2D eigenvalue weighted by atomic mass is 10.2. The number of hydrogen-bond donors (Lipinski definition) is 0. The molecule has 1 heterocycles. The van der Waals surface area contributed by atoms with Crippen LogP contribution in [-0.4, -0.2) is 17.9 Å². The standard InChI is InChI=1S/C17H13BrFN3S/c1-20-17-22(21-10-13-4-2-3-5-15(13)18)16(11-23-17)12-6-8-14(19)9-7-12/h2-11H,1H3. The van der Waals surface area contributed by atoms with E-state index in [1.807, 2.05) is 29.6 Å². The van der Waals surface area contributed by atoms with E-state index < -0.39 is 0 Å². The molecular formula is C17H13BrFN3S. The van der Waals surface area contributed by atoms with Gasteiger partial charge in [0.1, 0.15) is 5.82 Å². The summed E-state index contributed by atoms with van der Waals surface area (Å²) in [6.07, 6.45) is 1.78. The van der Waals surface area contributed by atoms with E-state index in [-0.39, 0.29) is 5.82 Å². The molecule has 0 spiro atoms. The first-order valence-electron chi connectivity index (χ1n) is 6.87. The van der Waals surface area contributed by atoms with E-state index in [9.17, 15) is 4.39 Å². The molecule has 6 heteroatoms. The van der Waals surface area contributed by atoms with Crippen molar-refractivity contribution in [2.24, 2.45) is 10.1 Å². The highest BCUT2D eigenvalue weighted by Crippen LogP contribution is 2.21. The van der Waals surface area contributed by atoms with E-state index in [0.29, 0.717) is 0 Å². The first kappa shape index (κ1) is 15.8. The van der Waals surface area contributed by atoms with Gasteiger partial charge in [0, 0.05) is 28.0 Å². The summed E-state index contributed by atoms with van der Waals surface area (Å²) >= 11 is 5.00. The molecule has 0 N–H and O–H groups in total. The molecule has 1 aromatic heterocycles. The lowest BCUT2D eigenvalue weighted by Crippen LogP contribution is -2.11. The molecule has 116 valence electrons. The number of aromatic nitrogens is 1. The van der Waals surface area contributed by atoms with E-state index in [1.165, 1.54) is 23.5 Å². The molecule has 0 saturated carbocycles. The Hall–Kier alpha value is -2.05. The molecule has 0 atom stereocenters. The second kappa shape index (κ2) is 7.02. The monoisotopic (exact) mass is 389 g/mol. The van der Waals surface area contributed by atoms with Crippen LogP contribution in [0.4, 0.5) is 4.39 Å². The molecule has 0 unspecified atom stereocenters. The molecule has 23 heavy (non-hydrogen) atoms. The number of nitrogens with zero attached hydrogens (tertiary/aromatic N) is 3. The van der Waals surface area contributed by atoms with E-state index in [2.05, 4.69) is 26.0 Å². The summed E-state index contributed by atoms with van der Waals surface area (Å²) in [4.78, 5) is 5.02. The molecule has 0 bridgehead atoms. The van der Waals surface area contributed by atoms with Crippen molar-refractivity contribution in [3.63, 3.8) is 0 Å². The average molecular weight is 390 g/mol. The van der Waals surface area contributed by atoms with Gasteiger partial charge in [0.2, 0.25) is 4.80 Å². The summed E-state index contributed by atoms with van der Waals surface area (Å²) in [5.41, 5.74) is 2.74. The first-order chi connectivity index (χ1) is 11.2. The average Bonchev–Trinajstić information content (AvgIpc) is 2.98. The predicted molar refractivity (Wildman–Crippen MR) is 96.3 cm³/mol. The third-order valence-corrected chi connectivity index (χ3v) is 4.86. The van der Waals surface area contributed by atoms with E-state index in [1.54, 1.807) is 30.1 Å². The van der Waals surface area contributed by atoms with Crippen molar-refractivity contribution in [2.45, 2.75) is 0 Å². The fourth-order valence-corrected chi connectivity index (χ4v) is 3.27. The lowest BCUT2D eigenvalue weighted by molar-refractivity contribution is 0.628. The number of rotatable bonds is 3. The highest BCUT2D eigenvalue weighted by Gasteiger charge is 2.07. The van der Waals surface area contributed by atoms with Crippen LogP contribution in [0.25, 0.3) is 11.3 Å². The van der Waals surface area contributed by atoms with E-state index in [0.717, 1.165) is 26.1 Å². The largest absolute Gasteiger partial charge is 0.261 e. The normalized spacial score (nSPS) is 12.2. The Bertz CT molecular complexity index is 910. The molecule has 0 aliphatic rings. The Balaban J connectivity index is 2.06. The summed E-state index contributed by atoms with van der Waals surface area (Å²) in [5.74, 6) is -0.257. The maximum atomic E-state index is 13.1. The third-order valence-electron chi connectivity index (χ3n) is 3.23. The van der Waals surface area contributed by atoms with Gasteiger partial charge in [-0.05, 0) is 30.3 Å². The van der Waals surface area contributed by atoms with Gasteiger partial charge in [-0.15, -0.1) is 11.3 Å². The van der Waals surface area contributed by atoms with Crippen LogP contribution in [0.3, 0.4) is 0 Å². The predicted octanol–water partition coefficient (Wildman–Crippen LogP) is 4.53. The molecule has 3 rings (SSSR count). The third kappa shape index (κ3) is 3.48. The minimum atomic E-state index is -0.257. The molecule has 3 nitrogen and oxygen atoms in total. The minimum absolute atomic E-state index is 0.257. The molecule has 0 radical (unpaired) electrons. The van der Waals surface area contributed by atoms with Gasteiger partial charge in [0.15, 0.2) is 0 Å². The zero-order chi connectivity index (χ0) is 16.2. The molecule has 2 aromatic carbocycles. The maximum absolute atomic E-state index is 13.1. The second-order valence-corrected chi connectivity index (χ2v) is 6.40. The summed E-state index contributed by atoms with van der Waals surface area (Å²) in [6, 6.07) is 14.2. The molecule has 0 aliphatic heterocycles. The van der Waals surface area contributed by atoms with E-state index in [4.69, 9.17) is 0 Å². The van der Waals surface area contributed by atoms with Gasteiger partial charge < -0.3 is 0 Å². The molecule has 0 fully saturated rings. The van der Waals surface area contributed by atoms with Crippen LogP contribution in [0.2, 0.25) is 0 Å². The Morgan fingerprint density at radius 3 is 2.57 bits per heavy atom. The van der Waals surface area contributed by atoms with Crippen molar-refractivity contribution >= 4 is 33.5 Å². The smallest absolute Gasteiger partial charge is 0.205 e. The van der Waals surface area contributed by atoms with E-state index >= 15 is 0 Å². The van der Waals surface area contributed by atoms with Crippen molar-refractivity contribution in [2.75, 3.05) is 7.05 Å². The van der Waals surface area contributed by atoms with Crippen LogP contribution in [0.1, 0.15) is 5.56 Å². The second-order valence-electron chi connectivity index (χ2n) is 4.71. The van der Waals surface area contributed by atoms with Gasteiger partial charge in [-0.25, -0.2) is 9.07 Å². The van der Waals surface area contributed by atoms with Crippen molar-refractivity contribution < 1.29 is 4.39 Å². The Morgan fingerprint density at radius 2 is 1.87 bits per heavy atom. The number of hydrogen-bond acceptors (Lipinski definition) is 3. The van der Waals surface area contributed by atoms with Crippen molar-refractivity contribution in [1.82, 2.24) is 4.68 Å². The Kier molecular flexibility index (Phi) is 4.83. The quantitative estimate of drug-likeness (QED) is 0.589. The van der Waals surface area contributed by atoms with Crippen molar-refractivity contribution in [3.05, 3.63) is 74.6 Å². The van der Waals surface area contributed by atoms with Crippen molar-refractivity contribution in [1.29, 1.82) is 0 Å². The van der Waals surface area contributed by atoms with Gasteiger partial charge in [-0.3, -0.25) is 4.99 Å². The topological polar surface area (TPSA) is 29.6 Å². The molecule has 0 amide bonds. The SMILES string of the molecule is CN=c1scc(-c2ccc(F)cc2)n1N=Cc1ccccc1Br. The molecule has 3 aromatic rings. The van der Waals surface area contributed by atoms with Gasteiger partial charge in [0.25, 0.3) is 0 Å². The van der Waals surface area contributed by atoms with Gasteiger partial charge in [0.05, 0.1) is 11.9 Å². The number of thiazole rings is 1. The highest BCUT2D eigenvalue weighted by molar-refractivity contribution is 9.10. The Morgan fingerprint density at radius 1 is 1.13 bits per heavy atom. The zero-order valence-electron chi connectivity index (χ0n) is 12.3. The van der Waals surface area contributed by atoms with Crippen molar-refractivity contribution in [3.8, 4) is 11.3 Å². The molecular weight excluding hydrogens is 377 g/mol. The van der Waals surface area contributed by atoms with Crippen LogP contribution in [0.5, 0.6) is 0 Å². The summed E-state index contributed by atoms with van der Waals surface area (Å²) in [5, 5.41) is 6.52. The van der Waals surface area contributed by atoms with Gasteiger partial charge in [-0.1, -0.05) is 34.1 Å². The minimum Gasteiger partial charge on any atom is -0.261 e. The van der Waals surface area contributed by atoms with Crippen LogP contribution in [-0.2, 0) is 0 Å². The summed E-state index contributed by atoms with van der Waals surface area (Å²) in [6.45, 7) is 0. The number of halogens is 2. The Labute approximate surface area is 145 Å². The first-order valence-corrected chi connectivity index (χ1v) is 8.54. The molecule has 0 saturated heterocycles. The number of benzene rings is 2. The van der Waals surface area contributed by atoms with Crippen LogP contribution in [0, 0.1) is 5.82 Å². The maximum Gasteiger partial charge on any atom is 0.205 e. The van der Waals surface area contributed by atoms with Crippen LogP contribution in [0.15, 0.2) is 68.5 Å². The fraction of sp³-hybridized carbons (Fsp3) is 0.0588. The zero-order valence-corrected chi connectivity index (χ0v) is 14.7. The molecule has 0 aliphatic carbocycles. The summed E-state index contributed by atoms with van der Waals surface area (Å²) in [7, 11) is 1.73. The van der Waals surface area contributed by atoms with Gasteiger partial charge >= 0.3 is 0 Å². The van der Waals surface area contributed by atoms with Crippen LogP contribution >= 0.6 is 27.3 Å². The van der Waals surface area contributed by atoms with Gasteiger partial charge in [-0.2, -0.15) is 5.10 Å². The van der Waals surface area contributed by atoms with Crippen LogP contribution < -0.4 is 4.80 Å². The fourth-order valence-electron chi connectivity index (χ4n) is 2.08. The lowest BCUT2D eigenvalue weighted by Gasteiger charge is -2.04. The highest BCUT2D eigenvalue weighted by atomic mass is 79.9. The summed E-state index contributed by atoms with van der Waals surface area (Å²) < 4.78 is 15.9.